The Labute approximate surface area is 229 Å². The highest BCUT2D eigenvalue weighted by atomic mass is 19.4. The molecule has 0 atom stereocenters. The first kappa shape index (κ1) is 28.6. The van der Waals surface area contributed by atoms with Gasteiger partial charge in [0.25, 0.3) is 5.91 Å². The van der Waals surface area contributed by atoms with Crippen LogP contribution in [0.15, 0.2) is 54.7 Å². The molecule has 0 unspecified atom stereocenters. The van der Waals surface area contributed by atoms with Crippen LogP contribution in [0, 0.1) is 13.8 Å². The molecule has 0 bridgehead atoms. The van der Waals surface area contributed by atoms with Gasteiger partial charge in [0.2, 0.25) is 0 Å². The third-order valence-electron chi connectivity index (χ3n) is 7.34. The lowest BCUT2D eigenvalue weighted by atomic mass is 9.96. The Morgan fingerprint density at radius 3 is 2.23 bits per heavy atom. The first-order chi connectivity index (χ1) is 18.2. The predicted molar refractivity (Wildman–Crippen MR) is 150 cm³/mol. The van der Waals surface area contributed by atoms with Crippen molar-refractivity contribution in [1.82, 2.24) is 14.8 Å². The monoisotopic (exact) mass is 538 g/mol. The van der Waals surface area contributed by atoms with E-state index in [1.165, 1.54) is 4.90 Å². The molecular weight excluding hydrogens is 501 g/mol. The molecule has 1 aromatic heterocycles. The van der Waals surface area contributed by atoms with Gasteiger partial charge in [0.05, 0.1) is 11.1 Å². The minimum atomic E-state index is -4.44. The van der Waals surface area contributed by atoms with E-state index < -0.39 is 11.7 Å². The van der Waals surface area contributed by atoms with E-state index in [1.54, 1.807) is 26.2 Å². The van der Waals surface area contributed by atoms with Gasteiger partial charge < -0.3 is 9.80 Å². The number of nitrogens with zero attached hydrogens (tertiary/aromatic N) is 4. The maximum Gasteiger partial charge on any atom is 0.416 e. The number of rotatable bonds is 5. The molecule has 0 N–H and O–H groups in total. The van der Waals surface area contributed by atoms with Crippen LogP contribution in [0.4, 0.5) is 19.0 Å². The maximum atomic E-state index is 13.7. The lowest BCUT2D eigenvalue weighted by molar-refractivity contribution is -0.137. The zero-order chi connectivity index (χ0) is 28.5. The molecule has 208 valence electrons. The highest BCUT2D eigenvalue weighted by Gasteiger charge is 2.31. The standard InChI is InChI=1S/C31H37F3N4O/c1-21-15-23(17-24(16-21)31(32,33)34)20-36(6)29(39)27-19-35-28(18-26(27)25-10-8-7-9-22(25)2)37-11-13-38(14-12-37)30(3,4)5/h7-10,15-19H,11-14,20H2,1-6H3. The van der Waals surface area contributed by atoms with Gasteiger partial charge in [0.1, 0.15) is 5.82 Å². The number of aromatic nitrogens is 1. The van der Waals surface area contributed by atoms with E-state index in [0.29, 0.717) is 16.7 Å². The summed E-state index contributed by atoms with van der Waals surface area (Å²) in [4.78, 5) is 24.5. The topological polar surface area (TPSA) is 39.7 Å². The first-order valence-electron chi connectivity index (χ1n) is 13.2. The van der Waals surface area contributed by atoms with Crippen LogP contribution >= 0.6 is 0 Å². The van der Waals surface area contributed by atoms with E-state index in [2.05, 4.69) is 35.6 Å². The lowest BCUT2D eigenvalue weighted by Gasteiger charge is -2.42. The van der Waals surface area contributed by atoms with Crippen molar-refractivity contribution >= 4 is 11.7 Å². The largest absolute Gasteiger partial charge is 0.416 e. The van der Waals surface area contributed by atoms with E-state index in [4.69, 9.17) is 0 Å². The van der Waals surface area contributed by atoms with Crippen LogP contribution in [0.3, 0.4) is 0 Å². The summed E-state index contributed by atoms with van der Waals surface area (Å²) >= 11 is 0. The molecule has 1 aliphatic heterocycles. The Kier molecular flexibility index (Phi) is 8.07. The number of carbonyl (C=O) groups is 1. The van der Waals surface area contributed by atoms with Gasteiger partial charge in [-0.3, -0.25) is 9.69 Å². The Bertz CT molecular complexity index is 1340. The summed E-state index contributed by atoms with van der Waals surface area (Å²) in [5.74, 6) is 0.523. The van der Waals surface area contributed by atoms with Crippen LogP contribution in [-0.4, -0.2) is 59.5 Å². The maximum absolute atomic E-state index is 13.7. The van der Waals surface area contributed by atoms with Crippen molar-refractivity contribution in [1.29, 1.82) is 0 Å². The molecule has 8 heteroatoms. The van der Waals surface area contributed by atoms with Gasteiger partial charge in [0, 0.05) is 51.5 Å². The van der Waals surface area contributed by atoms with E-state index >= 15 is 0 Å². The molecule has 0 saturated carbocycles. The summed E-state index contributed by atoms with van der Waals surface area (Å²) in [6.07, 6.45) is -2.83. The summed E-state index contributed by atoms with van der Waals surface area (Å²) < 4.78 is 40.1. The Morgan fingerprint density at radius 1 is 0.949 bits per heavy atom. The van der Waals surface area contributed by atoms with Crippen LogP contribution in [0.2, 0.25) is 0 Å². The van der Waals surface area contributed by atoms with E-state index in [1.807, 2.05) is 37.3 Å². The van der Waals surface area contributed by atoms with Crippen molar-refractivity contribution in [2.45, 2.75) is 52.9 Å². The number of piperazine rings is 1. The van der Waals surface area contributed by atoms with Crippen molar-refractivity contribution in [2.75, 3.05) is 38.1 Å². The van der Waals surface area contributed by atoms with Gasteiger partial charge in [-0.15, -0.1) is 0 Å². The van der Waals surface area contributed by atoms with Crippen molar-refractivity contribution in [3.05, 3.63) is 82.5 Å². The average Bonchev–Trinajstić information content (AvgIpc) is 2.87. The molecule has 1 fully saturated rings. The molecule has 0 radical (unpaired) electrons. The molecule has 4 rings (SSSR count). The van der Waals surface area contributed by atoms with Crippen LogP contribution in [0.5, 0.6) is 0 Å². The number of hydrogen-bond acceptors (Lipinski definition) is 4. The molecule has 2 aromatic carbocycles. The Morgan fingerprint density at radius 2 is 1.62 bits per heavy atom. The van der Waals surface area contributed by atoms with Crippen molar-refractivity contribution in [2.24, 2.45) is 0 Å². The summed E-state index contributed by atoms with van der Waals surface area (Å²) in [7, 11) is 1.61. The fourth-order valence-electron chi connectivity index (χ4n) is 5.16. The fraction of sp³-hybridized carbons (Fsp3) is 0.419. The van der Waals surface area contributed by atoms with Crippen LogP contribution in [-0.2, 0) is 12.7 Å². The smallest absolute Gasteiger partial charge is 0.354 e. The number of halogens is 3. The minimum Gasteiger partial charge on any atom is -0.354 e. The highest BCUT2D eigenvalue weighted by molar-refractivity contribution is 6.01. The number of carbonyl (C=O) groups excluding carboxylic acids is 1. The number of amides is 1. The Hall–Kier alpha value is -3.39. The SMILES string of the molecule is Cc1cc(CN(C)C(=O)c2cnc(N3CCN(C(C)(C)C)CC3)cc2-c2ccccc2C)cc(C(F)(F)F)c1. The Balaban J connectivity index is 1.65. The second kappa shape index (κ2) is 11.0. The van der Waals surface area contributed by atoms with Gasteiger partial charge in [-0.2, -0.15) is 13.2 Å². The second-order valence-corrected chi connectivity index (χ2v) is 11.4. The van der Waals surface area contributed by atoms with E-state index in [0.717, 1.165) is 60.8 Å². The molecular formula is C31H37F3N4O. The summed E-state index contributed by atoms with van der Waals surface area (Å²) in [5, 5.41) is 0. The number of alkyl halides is 3. The summed E-state index contributed by atoms with van der Waals surface area (Å²) in [6.45, 7) is 13.8. The molecule has 39 heavy (non-hydrogen) atoms. The van der Waals surface area contributed by atoms with Gasteiger partial charge >= 0.3 is 6.18 Å². The van der Waals surface area contributed by atoms with Crippen molar-refractivity contribution in [3.8, 4) is 11.1 Å². The molecule has 2 heterocycles. The van der Waals surface area contributed by atoms with Gasteiger partial charge in [-0.05, 0) is 75.1 Å². The van der Waals surface area contributed by atoms with Crippen LogP contribution in [0.1, 0.15) is 53.4 Å². The third-order valence-corrected chi connectivity index (χ3v) is 7.34. The number of anilines is 1. The zero-order valence-electron chi connectivity index (χ0n) is 23.6. The van der Waals surface area contributed by atoms with Gasteiger partial charge in [-0.25, -0.2) is 4.98 Å². The zero-order valence-corrected chi connectivity index (χ0v) is 23.6. The summed E-state index contributed by atoms with van der Waals surface area (Å²) in [6, 6.07) is 13.8. The molecule has 1 amide bonds. The molecule has 1 saturated heterocycles. The minimum absolute atomic E-state index is 0.0489. The highest BCUT2D eigenvalue weighted by Crippen LogP contribution is 2.33. The molecule has 3 aromatic rings. The average molecular weight is 539 g/mol. The number of aryl methyl sites for hydroxylation is 2. The lowest BCUT2D eigenvalue weighted by Crippen LogP contribution is -2.53. The normalized spacial score (nSPS) is 14.9. The van der Waals surface area contributed by atoms with Gasteiger partial charge in [-0.1, -0.05) is 35.9 Å². The van der Waals surface area contributed by atoms with E-state index in [-0.39, 0.29) is 18.0 Å². The van der Waals surface area contributed by atoms with Crippen LogP contribution in [0.25, 0.3) is 11.1 Å². The van der Waals surface area contributed by atoms with Crippen molar-refractivity contribution in [3.63, 3.8) is 0 Å². The molecule has 1 aliphatic rings. The predicted octanol–water partition coefficient (Wildman–Crippen LogP) is 6.58. The molecule has 0 aliphatic carbocycles. The van der Waals surface area contributed by atoms with Crippen LogP contribution < -0.4 is 4.90 Å². The number of pyridine rings is 1. The second-order valence-electron chi connectivity index (χ2n) is 11.4. The fourth-order valence-corrected chi connectivity index (χ4v) is 5.16. The number of hydrogen-bond donors (Lipinski definition) is 0. The van der Waals surface area contributed by atoms with Crippen molar-refractivity contribution < 1.29 is 18.0 Å². The van der Waals surface area contributed by atoms with Gasteiger partial charge in [0.15, 0.2) is 0 Å². The first-order valence-corrected chi connectivity index (χ1v) is 13.2. The third kappa shape index (κ3) is 6.61. The van der Waals surface area contributed by atoms with E-state index in [9.17, 15) is 18.0 Å². The molecule has 5 nitrogen and oxygen atoms in total. The quantitative estimate of drug-likeness (QED) is 0.368. The summed E-state index contributed by atoms with van der Waals surface area (Å²) in [5.41, 5.74) is 3.47. The molecule has 0 spiro atoms. The number of benzene rings is 2.